The van der Waals surface area contributed by atoms with Crippen LogP contribution >= 0.6 is 0 Å². The van der Waals surface area contributed by atoms with E-state index in [4.69, 9.17) is 9.72 Å². The van der Waals surface area contributed by atoms with Gasteiger partial charge in [-0.3, -0.25) is 4.57 Å². The zero-order chi connectivity index (χ0) is 41.0. The van der Waals surface area contributed by atoms with Crippen LogP contribution in [0.2, 0.25) is 0 Å². The van der Waals surface area contributed by atoms with E-state index in [-0.39, 0.29) is 16.2 Å². The van der Waals surface area contributed by atoms with Crippen molar-refractivity contribution in [1.82, 2.24) is 18.7 Å². The molecule has 7 aromatic rings. The molecular formula is C53H59N4O+. The lowest BCUT2D eigenvalue weighted by Crippen LogP contribution is -2.47. The molecule has 5 nitrogen and oxygen atoms in total. The molecule has 0 aliphatic carbocycles. The number of ether oxygens (including phenoxy) is 1. The fraction of sp³-hybridized carbons (Fsp3) is 0.321. The van der Waals surface area contributed by atoms with Gasteiger partial charge in [0.1, 0.15) is 17.3 Å². The van der Waals surface area contributed by atoms with Gasteiger partial charge in [0.25, 0.3) is 0 Å². The van der Waals surface area contributed by atoms with Crippen LogP contribution < -0.4 is 13.9 Å². The van der Waals surface area contributed by atoms with Crippen molar-refractivity contribution in [3.8, 4) is 17.3 Å². The summed E-state index contributed by atoms with van der Waals surface area (Å²) in [6.45, 7) is 27.7. The molecule has 9 rings (SSSR count). The SMILES string of the molecule is CCC(CC)c1cccc([N@+]23[CH-][N+]2(c2cc(Oc4ccc5c6ccccc6n(-c6cc(C(C)(C)C)ccn6)c5c4)cc(C(C)(C)C)c2)c2cc(C(C)(C)C)ccc23)c1. The summed E-state index contributed by atoms with van der Waals surface area (Å²) < 4.78 is 10.6. The van der Waals surface area contributed by atoms with Gasteiger partial charge in [-0.25, -0.2) is 4.98 Å². The summed E-state index contributed by atoms with van der Waals surface area (Å²) in [5.41, 5.74) is 12.6. The molecule has 1 unspecified atom stereocenters. The van der Waals surface area contributed by atoms with Gasteiger partial charge >= 0.3 is 0 Å². The first-order valence-corrected chi connectivity index (χ1v) is 21.2. The zero-order valence-corrected chi connectivity index (χ0v) is 36.3. The fourth-order valence-electron chi connectivity index (χ4n) is 9.39. The molecule has 5 aromatic carbocycles. The minimum atomic E-state index is -0.103. The van der Waals surface area contributed by atoms with E-state index in [1.54, 1.807) is 0 Å². The molecule has 0 spiro atoms. The van der Waals surface area contributed by atoms with Crippen LogP contribution in [0.25, 0.3) is 27.6 Å². The highest BCUT2D eigenvalue weighted by atomic mass is 16.5. The first-order chi connectivity index (χ1) is 27.5. The Bertz CT molecular complexity index is 2730. The van der Waals surface area contributed by atoms with Crippen molar-refractivity contribution in [3.05, 3.63) is 150 Å². The predicted octanol–water partition coefficient (Wildman–Crippen LogP) is 15.1. The summed E-state index contributed by atoms with van der Waals surface area (Å²) in [5.74, 6) is 3.10. The Balaban J connectivity index is 1.19. The van der Waals surface area contributed by atoms with Crippen LogP contribution in [0, 0.1) is 6.67 Å². The number of benzene rings is 5. The molecule has 296 valence electrons. The van der Waals surface area contributed by atoms with Gasteiger partial charge in [-0.1, -0.05) is 113 Å². The van der Waals surface area contributed by atoms with Crippen molar-refractivity contribution < 1.29 is 4.74 Å². The van der Waals surface area contributed by atoms with Crippen LogP contribution in [0.1, 0.15) is 117 Å². The Morgan fingerprint density at radius 3 is 1.98 bits per heavy atom. The van der Waals surface area contributed by atoms with Gasteiger partial charge in [0.05, 0.1) is 11.0 Å². The minimum absolute atomic E-state index is 0.000692. The monoisotopic (exact) mass is 767 g/mol. The van der Waals surface area contributed by atoms with Crippen LogP contribution in [0.15, 0.2) is 121 Å². The van der Waals surface area contributed by atoms with E-state index in [1.165, 1.54) is 55.8 Å². The molecule has 0 amide bonds. The second kappa shape index (κ2) is 13.1. The summed E-state index contributed by atoms with van der Waals surface area (Å²) in [4.78, 5) is 4.92. The summed E-state index contributed by atoms with van der Waals surface area (Å²) >= 11 is 0. The van der Waals surface area contributed by atoms with Crippen LogP contribution in [0.3, 0.4) is 0 Å². The molecule has 0 saturated carbocycles. The van der Waals surface area contributed by atoms with E-state index in [2.05, 4.69) is 203 Å². The number of nitrogens with zero attached hydrogens (tertiary/aromatic N) is 4. The fourth-order valence-corrected chi connectivity index (χ4v) is 9.39. The van der Waals surface area contributed by atoms with E-state index in [9.17, 15) is 0 Å². The lowest BCUT2D eigenvalue weighted by atomic mass is 9.85. The third-order valence-corrected chi connectivity index (χ3v) is 12.9. The molecule has 1 fully saturated rings. The average molecular weight is 768 g/mol. The van der Waals surface area contributed by atoms with Crippen molar-refractivity contribution in [1.29, 1.82) is 0 Å². The quantitative estimate of drug-likeness (QED) is 0.0875. The van der Waals surface area contributed by atoms with Gasteiger partial charge in [0.2, 0.25) is 11.4 Å². The van der Waals surface area contributed by atoms with Crippen LogP contribution in [-0.2, 0) is 16.2 Å². The molecular weight excluding hydrogens is 709 g/mol. The second-order valence-electron chi connectivity index (χ2n) is 19.8. The zero-order valence-electron chi connectivity index (χ0n) is 36.3. The molecule has 2 aliphatic rings. The maximum Gasteiger partial charge on any atom is 0.225 e. The normalized spacial score (nSPS) is 19.0. The summed E-state index contributed by atoms with van der Waals surface area (Å²) in [6.07, 6.45) is 4.21. The summed E-state index contributed by atoms with van der Waals surface area (Å²) in [5, 5.41) is 2.38. The van der Waals surface area contributed by atoms with Gasteiger partial charge in [-0.05, 0) is 93.7 Å². The van der Waals surface area contributed by atoms with Crippen LogP contribution in [0.5, 0.6) is 11.5 Å². The maximum atomic E-state index is 7.03. The lowest BCUT2D eigenvalue weighted by Gasteiger charge is -2.41. The molecule has 0 N–H and O–H groups in total. The van der Waals surface area contributed by atoms with Crippen molar-refractivity contribution in [2.75, 3.05) is 0 Å². The number of hydrogen-bond donors (Lipinski definition) is 0. The van der Waals surface area contributed by atoms with Crippen LogP contribution in [-0.4, -0.2) is 9.55 Å². The molecule has 2 atom stereocenters. The first kappa shape index (κ1) is 38.3. The maximum absolute atomic E-state index is 7.03. The number of hydrogen-bond acceptors (Lipinski definition) is 2. The second-order valence-corrected chi connectivity index (χ2v) is 19.8. The summed E-state index contributed by atoms with van der Waals surface area (Å²) in [6, 6.07) is 43.0. The third-order valence-electron chi connectivity index (χ3n) is 12.9. The topological polar surface area (TPSA) is 27.1 Å². The van der Waals surface area contributed by atoms with E-state index in [1.807, 2.05) is 6.20 Å². The largest absolute Gasteiger partial charge is 0.457 e. The Kier molecular flexibility index (Phi) is 8.68. The smallest absolute Gasteiger partial charge is 0.225 e. The molecule has 58 heavy (non-hydrogen) atoms. The molecule has 2 aromatic heterocycles. The van der Waals surface area contributed by atoms with Gasteiger partial charge in [-0.2, -0.15) is 9.18 Å². The van der Waals surface area contributed by atoms with Gasteiger partial charge in [0.15, 0.2) is 18.0 Å². The number of aromatic nitrogens is 2. The Hall–Kier alpha value is -5.23. The Morgan fingerprint density at radius 2 is 1.26 bits per heavy atom. The number of fused-ring (bicyclic) bond motifs is 7. The first-order valence-electron chi connectivity index (χ1n) is 21.2. The Morgan fingerprint density at radius 1 is 0.569 bits per heavy atom. The van der Waals surface area contributed by atoms with Crippen molar-refractivity contribution in [2.24, 2.45) is 0 Å². The van der Waals surface area contributed by atoms with E-state index < -0.39 is 0 Å². The standard InChI is InChI=1S/C53H59N4O/c1-12-35(13-2)36-17-16-18-40(27-36)56-34-57(56,49-30-37(51(3,4)5)21-24-48(49)56)41-28-39(53(9,10)11)29-43(32-41)58-42-22-23-45-44-19-14-15-20-46(44)55(47(45)33-42)50-31-38(25-26-54-50)52(6,7)8/h14-35H,12-13H2,1-11H3/q+1/t56-,57?/m0/s1. The molecule has 5 heteroatoms. The summed E-state index contributed by atoms with van der Waals surface area (Å²) in [7, 11) is 0. The van der Waals surface area contributed by atoms with Crippen LogP contribution in [0.4, 0.5) is 22.7 Å². The number of rotatable bonds is 8. The molecule has 0 radical (unpaired) electrons. The molecule has 4 heterocycles. The van der Waals surface area contributed by atoms with Crippen molar-refractivity contribution in [2.45, 2.75) is 111 Å². The van der Waals surface area contributed by atoms with Gasteiger partial charge < -0.3 is 4.74 Å². The molecule has 0 bridgehead atoms. The number of quaternary nitrogens is 2. The van der Waals surface area contributed by atoms with E-state index in [0.29, 0.717) is 15.1 Å². The Labute approximate surface area is 345 Å². The highest BCUT2D eigenvalue weighted by Crippen LogP contribution is 2.75. The molecule has 1 saturated heterocycles. The van der Waals surface area contributed by atoms with Gasteiger partial charge in [0, 0.05) is 59.4 Å². The lowest BCUT2D eigenvalue weighted by molar-refractivity contribution is 0.420. The minimum Gasteiger partial charge on any atom is -0.457 e. The van der Waals surface area contributed by atoms with E-state index in [0.717, 1.165) is 41.2 Å². The molecule has 2 aliphatic heterocycles. The van der Waals surface area contributed by atoms with E-state index >= 15 is 0 Å². The number of para-hydroxylation sites is 1. The third kappa shape index (κ3) is 5.84. The van der Waals surface area contributed by atoms with Gasteiger partial charge in [-0.15, -0.1) is 0 Å². The highest BCUT2D eigenvalue weighted by Gasteiger charge is 2.78. The predicted molar refractivity (Wildman–Crippen MR) is 245 cm³/mol. The van der Waals surface area contributed by atoms with Crippen molar-refractivity contribution >= 4 is 44.6 Å². The average Bonchev–Trinajstić information content (AvgIpc) is 3.68. The van der Waals surface area contributed by atoms with Crippen molar-refractivity contribution in [3.63, 3.8) is 0 Å². The number of pyridine rings is 1. The highest BCUT2D eigenvalue weighted by molar-refractivity contribution is 6.09.